The first-order valence-corrected chi connectivity index (χ1v) is 36.1. The maximum atomic E-state index is 13.7. The fraction of sp³-hybridized carbons (Fsp3) is 0.216. The van der Waals surface area contributed by atoms with E-state index in [1.165, 1.54) is 98.1 Å². The second kappa shape index (κ2) is 29.1. The van der Waals surface area contributed by atoms with Crippen LogP contribution in [0.15, 0.2) is 168 Å². The number of carbonyl (C=O) groups excluding carboxylic acids is 4. The highest BCUT2D eigenvalue weighted by Crippen LogP contribution is 2.46. The molecule has 0 bridgehead atoms. The number of ether oxygens (including phenoxy) is 4. The summed E-state index contributed by atoms with van der Waals surface area (Å²) in [6.07, 6.45) is 2.16. The van der Waals surface area contributed by atoms with Gasteiger partial charge in [0.2, 0.25) is 31.8 Å². The lowest BCUT2D eigenvalue weighted by Crippen LogP contribution is -2.41. The number of hydrogen-bond acceptors (Lipinski definition) is 20. The number of halogens is 3. The van der Waals surface area contributed by atoms with Gasteiger partial charge in [-0.3, -0.25) is 18.2 Å². The molecule has 30 heteroatoms. The summed E-state index contributed by atoms with van der Waals surface area (Å²) < 4.78 is 136. The second-order valence-corrected chi connectivity index (χ2v) is 29.6. The number of carbonyl (C=O) groups is 4. The fourth-order valence-corrected chi connectivity index (χ4v) is 13.0. The average Bonchev–Trinajstić information content (AvgIpc) is 1.58. The van der Waals surface area contributed by atoms with Crippen molar-refractivity contribution in [2.24, 2.45) is 0 Å². The Morgan fingerprint density at radius 2 is 0.913 bits per heavy atom. The molecule has 0 atom stereocenters. The number of anilines is 2. The van der Waals surface area contributed by atoms with Gasteiger partial charge in [0.25, 0.3) is 11.8 Å². The molecule has 2 N–H and O–H groups in total. The number of aromatic nitrogens is 2. The van der Waals surface area contributed by atoms with Crippen molar-refractivity contribution in [3.63, 3.8) is 0 Å². The topological polar surface area (TPSA) is 301 Å². The SMILES string of the molecule is CNC(=O)c1c(-c2ccc(F)cc2)oc2cc(N(C)S(C)(=O)=O)c(-c3ccc(OC)c(-c4nc5cc(C(=O)OC)ccc5o4)c3)cc12.CNC(=O)c1c(-c2ccc(F)cc2)oc2cc(N(C)S(C)(=O)=O)c(Br)cc12.COC(=O)c1ccc2oc(-c3cc(B4OC(C)(C)C(C)(C)O4)ccc3OC)nc2c1. The van der Waals surface area contributed by atoms with E-state index in [1.807, 2.05) is 45.9 Å². The van der Waals surface area contributed by atoms with Crippen LogP contribution in [0.4, 0.5) is 20.2 Å². The summed E-state index contributed by atoms with van der Waals surface area (Å²) in [5.41, 5.74) is 7.35. The van der Waals surface area contributed by atoms with Crippen LogP contribution in [0.5, 0.6) is 11.5 Å². The minimum atomic E-state index is -3.76. The number of methoxy groups -OCH3 is 4. The van der Waals surface area contributed by atoms with Gasteiger partial charge in [-0.05, 0) is 176 Å². The third kappa shape index (κ3) is 14.7. The summed E-state index contributed by atoms with van der Waals surface area (Å²) >= 11 is 3.36. The summed E-state index contributed by atoms with van der Waals surface area (Å²) in [4.78, 5) is 58.7. The van der Waals surface area contributed by atoms with E-state index in [4.69, 9.17) is 45.9 Å². The molecule has 0 aliphatic carbocycles. The van der Waals surface area contributed by atoms with Crippen LogP contribution >= 0.6 is 15.9 Å². The first-order valence-electron chi connectivity index (χ1n) is 31.6. The number of esters is 2. The Kier molecular flexibility index (Phi) is 20.8. The van der Waals surface area contributed by atoms with Gasteiger partial charge >= 0.3 is 19.1 Å². The van der Waals surface area contributed by atoms with E-state index < -0.39 is 67.8 Å². The summed E-state index contributed by atoms with van der Waals surface area (Å²) in [7, 11) is 3.74. The number of hydrogen-bond donors (Lipinski definition) is 2. The normalized spacial score (nSPS) is 13.2. The molecular formula is C74H68BBrF2N6O18S2. The number of rotatable bonds is 16. The van der Waals surface area contributed by atoms with Crippen molar-refractivity contribution in [3.05, 3.63) is 184 Å². The molecule has 0 unspecified atom stereocenters. The molecule has 24 nitrogen and oxygen atoms in total. The average molecular weight is 1520 g/mol. The Morgan fingerprint density at radius 3 is 1.35 bits per heavy atom. The van der Waals surface area contributed by atoms with E-state index in [0.29, 0.717) is 111 Å². The smallest absolute Gasteiger partial charge is 0.494 e. The van der Waals surface area contributed by atoms with Crippen molar-refractivity contribution in [1.82, 2.24) is 20.6 Å². The Labute approximate surface area is 604 Å². The molecule has 12 aromatic rings. The maximum Gasteiger partial charge on any atom is 0.494 e. The zero-order valence-corrected chi connectivity index (χ0v) is 61.7. The van der Waals surface area contributed by atoms with E-state index in [0.717, 1.165) is 26.6 Å². The summed E-state index contributed by atoms with van der Waals surface area (Å²) in [6, 6.07) is 38.0. The number of oxazole rings is 2. The molecule has 104 heavy (non-hydrogen) atoms. The van der Waals surface area contributed by atoms with Crippen molar-refractivity contribution in [2.45, 2.75) is 38.9 Å². The van der Waals surface area contributed by atoms with Crippen molar-refractivity contribution >= 4 is 128 Å². The van der Waals surface area contributed by atoms with Crippen molar-refractivity contribution < 1.29 is 90.7 Å². The molecule has 538 valence electrons. The lowest BCUT2D eigenvalue weighted by molar-refractivity contribution is 0.00578. The Hall–Kier alpha value is -10.9. The van der Waals surface area contributed by atoms with Gasteiger partial charge in [0.15, 0.2) is 11.2 Å². The number of nitrogens with one attached hydrogen (secondary N) is 2. The molecule has 8 aromatic carbocycles. The molecule has 0 spiro atoms. The maximum absolute atomic E-state index is 13.7. The summed E-state index contributed by atoms with van der Waals surface area (Å²) in [6.45, 7) is 8.04. The van der Waals surface area contributed by atoms with Crippen molar-refractivity contribution in [2.75, 3.05) is 77.8 Å². The van der Waals surface area contributed by atoms with Crippen LogP contribution in [0.3, 0.4) is 0 Å². The second-order valence-electron chi connectivity index (χ2n) is 24.8. The van der Waals surface area contributed by atoms with E-state index in [1.54, 1.807) is 86.0 Å². The third-order valence-corrected chi connectivity index (χ3v) is 20.7. The summed E-state index contributed by atoms with van der Waals surface area (Å²) in [5, 5.41) is 6.10. The van der Waals surface area contributed by atoms with Crippen LogP contribution < -0.4 is 34.2 Å². The monoisotopic (exact) mass is 1520 g/mol. The molecule has 5 heterocycles. The molecule has 0 radical (unpaired) electrons. The van der Waals surface area contributed by atoms with E-state index in [-0.39, 0.29) is 45.7 Å². The summed E-state index contributed by atoms with van der Waals surface area (Å²) in [5.74, 6) is -0.581. The van der Waals surface area contributed by atoms with Gasteiger partial charge in [0.1, 0.15) is 56.9 Å². The molecule has 1 saturated heterocycles. The Bertz CT molecular complexity index is 5610. The van der Waals surface area contributed by atoms with Gasteiger partial charge in [-0.2, -0.15) is 0 Å². The highest BCUT2D eigenvalue weighted by Gasteiger charge is 2.52. The largest absolute Gasteiger partial charge is 0.496 e. The number of furan rings is 2. The first-order chi connectivity index (χ1) is 49.2. The van der Waals surface area contributed by atoms with Gasteiger partial charge in [-0.1, -0.05) is 12.1 Å². The molecule has 4 aromatic heterocycles. The molecule has 1 fully saturated rings. The Morgan fingerprint density at radius 1 is 0.500 bits per heavy atom. The predicted octanol–water partition coefficient (Wildman–Crippen LogP) is 13.6. The standard InChI is InChI=1S/C34H28FN3O8S.C22H24BNO6.C18H16BrFN2O4S/c1-36-32(39)30-23-16-22(26(38(2)47(5,41)42)17-29(23)45-31(30)18-6-10-21(35)11-7-18)19-8-12-27(43-3)24(14-19)33-37-25-15-20(34(40)44-4)9-13-28(25)46-33;1-21(2)22(3,4)30-23(29-21)14-8-10-17(26-5)15(12-14)19-24-16-11-13(20(25)27-6)7-9-18(16)28-19;1-21-18(23)16-12-8-13(19)14(22(2)27(3,24)25)9-15(12)26-17(16)10-4-6-11(20)7-5-10/h6-17H,1-5H3,(H,36,39);7-12H,1-6H3;4-9H,1-3H3,(H,21,23). The fourth-order valence-electron chi connectivity index (χ4n) is 11.3. The first kappa shape index (κ1) is 74.3. The molecule has 1 aliphatic rings. The van der Waals surface area contributed by atoms with Crippen molar-refractivity contribution in [3.8, 4) is 68.2 Å². The van der Waals surface area contributed by atoms with Gasteiger partial charge in [0.05, 0.1) is 96.9 Å². The number of fused-ring (bicyclic) bond motifs is 4. The van der Waals surface area contributed by atoms with E-state index in [2.05, 4.69) is 36.5 Å². The van der Waals surface area contributed by atoms with Gasteiger partial charge in [-0.15, -0.1) is 0 Å². The van der Waals surface area contributed by atoms with E-state index >= 15 is 0 Å². The number of benzene rings is 8. The molecule has 1 aliphatic heterocycles. The predicted molar refractivity (Wildman–Crippen MR) is 394 cm³/mol. The molecule has 0 saturated carbocycles. The zero-order chi connectivity index (χ0) is 75.2. The number of nitrogens with zero attached hydrogens (tertiary/aromatic N) is 4. The van der Waals surface area contributed by atoms with Crippen LogP contribution in [-0.2, 0) is 38.8 Å². The highest BCUT2D eigenvalue weighted by atomic mass is 79.9. The van der Waals surface area contributed by atoms with Crippen molar-refractivity contribution in [1.29, 1.82) is 0 Å². The Balaban J connectivity index is 0.000000165. The van der Waals surface area contributed by atoms with Crippen LogP contribution in [-0.4, -0.2) is 138 Å². The van der Waals surface area contributed by atoms with Crippen LogP contribution in [0, 0.1) is 11.6 Å². The molecule has 2 amide bonds. The highest BCUT2D eigenvalue weighted by molar-refractivity contribution is 9.10. The van der Waals surface area contributed by atoms with Crippen LogP contribution in [0.1, 0.15) is 69.1 Å². The lowest BCUT2D eigenvalue weighted by Gasteiger charge is -2.32. The van der Waals surface area contributed by atoms with Gasteiger partial charge in [-0.25, -0.2) is 45.2 Å². The number of sulfonamides is 2. The quantitative estimate of drug-likeness (QED) is 0.0671. The van der Waals surface area contributed by atoms with Gasteiger partial charge in [0, 0.05) is 72.3 Å². The molecule has 13 rings (SSSR count). The minimum Gasteiger partial charge on any atom is -0.496 e. The minimum absolute atomic E-state index is 0.188. The molecular weight excluding hydrogens is 1450 g/mol. The van der Waals surface area contributed by atoms with Crippen LogP contribution in [0.2, 0.25) is 0 Å². The number of amides is 2. The van der Waals surface area contributed by atoms with Crippen LogP contribution in [0.25, 0.3) is 101 Å². The third-order valence-electron chi connectivity index (χ3n) is 17.7. The van der Waals surface area contributed by atoms with Gasteiger partial charge < -0.3 is 56.6 Å². The lowest BCUT2D eigenvalue weighted by atomic mass is 9.78. The van der Waals surface area contributed by atoms with E-state index in [9.17, 15) is 44.8 Å². The zero-order valence-electron chi connectivity index (χ0n) is 58.5.